The predicted molar refractivity (Wildman–Crippen MR) is 173 cm³/mol. The van der Waals surface area contributed by atoms with Gasteiger partial charge in [-0.25, -0.2) is 0 Å². The fourth-order valence-corrected chi connectivity index (χ4v) is 9.91. The second kappa shape index (κ2) is 19.8. The Hall–Kier alpha value is -4.12. The highest BCUT2D eigenvalue weighted by Gasteiger charge is 2.93. The van der Waals surface area contributed by atoms with E-state index in [1.54, 1.807) is 0 Å². The van der Waals surface area contributed by atoms with Gasteiger partial charge >= 0.3 is 107 Å². The molecule has 0 radical (unpaired) electrons. The van der Waals surface area contributed by atoms with Crippen LogP contribution >= 0.6 is 0 Å². The Labute approximate surface area is 399 Å². The lowest BCUT2D eigenvalue weighted by molar-refractivity contribution is -0.440. The molecule has 0 bridgehead atoms. The molecule has 2 rings (SSSR count). The van der Waals surface area contributed by atoms with Crippen molar-refractivity contribution in [2.45, 2.75) is 151 Å². The van der Waals surface area contributed by atoms with Crippen LogP contribution < -0.4 is 0 Å². The summed E-state index contributed by atoms with van der Waals surface area (Å²) in [5, 5.41) is 3.12. The monoisotopic (exact) mass is 1240 g/mol. The molecular formula is C34H20F39NO2Si. The molecular weight excluding hydrogens is 1220 g/mol. The molecule has 1 heterocycles. The Bertz CT molecular complexity index is 2120. The van der Waals surface area contributed by atoms with Crippen LogP contribution in [-0.4, -0.2) is 121 Å². The van der Waals surface area contributed by atoms with E-state index in [2.05, 4.69) is 14.1 Å². The van der Waals surface area contributed by atoms with Gasteiger partial charge in [0, 0.05) is 30.9 Å². The molecule has 0 fully saturated rings. The number of hydrogen-bond acceptors (Lipinski definition) is 3. The van der Waals surface area contributed by atoms with Crippen molar-refractivity contribution >= 4 is 8.32 Å². The van der Waals surface area contributed by atoms with Crippen molar-refractivity contribution < 1.29 is 180 Å². The number of hydrogen-bond donors (Lipinski definition) is 0. The van der Waals surface area contributed by atoms with E-state index in [0.717, 1.165) is 24.3 Å². The summed E-state index contributed by atoms with van der Waals surface area (Å²) in [7, 11) is -7.44. The summed E-state index contributed by atoms with van der Waals surface area (Å²) in [6.07, 6.45) is -37.0. The summed E-state index contributed by atoms with van der Waals surface area (Å²) in [5.41, 5.74) is -0.912. The average Bonchev–Trinajstić information content (AvgIpc) is 3.73. The molecule has 1 aromatic carbocycles. The summed E-state index contributed by atoms with van der Waals surface area (Å²) in [6, 6.07) is -4.80. The fourth-order valence-electron chi connectivity index (χ4n) is 5.97. The molecule has 0 spiro atoms. The first-order valence-electron chi connectivity index (χ1n) is 18.9. The highest BCUT2D eigenvalue weighted by molar-refractivity contribution is 6.73. The quantitative estimate of drug-likeness (QED) is 0.0734. The molecule has 0 aliphatic rings. The van der Waals surface area contributed by atoms with Crippen molar-refractivity contribution in [3.05, 3.63) is 42.2 Å². The average molecular weight is 1240 g/mol. The summed E-state index contributed by atoms with van der Waals surface area (Å²) in [6.45, 7) is -2.33. The number of nitrogens with zero attached hydrogens (tertiary/aromatic N) is 1. The van der Waals surface area contributed by atoms with Crippen molar-refractivity contribution in [2.75, 3.05) is 0 Å². The second-order valence-corrected chi connectivity index (χ2v) is 20.2. The van der Waals surface area contributed by atoms with Crippen molar-refractivity contribution in [3.63, 3.8) is 0 Å². The number of benzene rings is 1. The Balaban J connectivity index is 3.10. The lowest BCUT2D eigenvalue weighted by Gasteiger charge is -2.42. The van der Waals surface area contributed by atoms with E-state index in [0.29, 0.717) is 6.07 Å². The van der Waals surface area contributed by atoms with Gasteiger partial charge in [-0.3, -0.25) is 0 Å². The molecule has 2 aromatic rings. The van der Waals surface area contributed by atoms with Crippen molar-refractivity contribution in [2.24, 2.45) is 0 Å². The van der Waals surface area contributed by atoms with Crippen LogP contribution in [0.2, 0.25) is 18.1 Å². The van der Waals surface area contributed by atoms with Crippen LogP contribution in [0.4, 0.5) is 171 Å². The lowest BCUT2D eigenvalue weighted by Crippen LogP contribution is -2.70. The third-order valence-corrected chi connectivity index (χ3v) is 15.1. The van der Waals surface area contributed by atoms with Crippen LogP contribution in [0.1, 0.15) is 25.0 Å². The van der Waals surface area contributed by atoms with Crippen LogP contribution in [-0.2, 0) is 11.0 Å². The standard InChI is InChI=1S/C34H20F39NO2Si/c35-17(36,20(41,42)23(47,48)26(53,54)29(59,60)32(65,66)67)6-9-77(75-13-15-12-16(74-76-15)14-4-2-1-3-5-14,10-7-18(37,38)21(43,44)24(49,50)27(55,56)30(61,62)33(68,69)70)11-8-19(39,40)22(45,46)25(51,52)28(57,58)31(63,64)34(71,72)73/h1-5,12H,6-11,13H2. The highest BCUT2D eigenvalue weighted by atomic mass is 28.4. The lowest BCUT2D eigenvalue weighted by atomic mass is 9.93. The molecule has 0 saturated heterocycles. The third-order valence-electron chi connectivity index (χ3n) is 10.8. The Kier molecular flexibility index (Phi) is 17.8. The van der Waals surface area contributed by atoms with Gasteiger partial charge in [-0.1, -0.05) is 35.5 Å². The first-order chi connectivity index (χ1) is 33.4. The maximum absolute atomic E-state index is 15.1. The van der Waals surface area contributed by atoms with Crippen LogP contribution in [0.15, 0.2) is 40.9 Å². The topological polar surface area (TPSA) is 35.3 Å². The van der Waals surface area contributed by atoms with E-state index in [9.17, 15) is 145 Å². The molecule has 3 nitrogen and oxygen atoms in total. The van der Waals surface area contributed by atoms with Gasteiger partial charge in [0.2, 0.25) is 0 Å². The zero-order valence-electron chi connectivity index (χ0n) is 35.4. The van der Waals surface area contributed by atoms with E-state index >= 15 is 26.3 Å². The maximum Gasteiger partial charge on any atom is 0.460 e. The second-order valence-electron chi connectivity index (χ2n) is 16.0. The Morgan fingerprint density at radius 3 is 0.831 bits per heavy atom. The van der Waals surface area contributed by atoms with E-state index in [1.807, 2.05) is 0 Å². The normalized spacial score (nSPS) is 16.1. The van der Waals surface area contributed by atoms with Crippen LogP contribution in [0.5, 0.6) is 0 Å². The first-order valence-corrected chi connectivity index (χ1v) is 21.5. The van der Waals surface area contributed by atoms with Gasteiger partial charge in [0.25, 0.3) is 0 Å². The molecule has 1 aromatic heterocycles. The molecule has 0 atom stereocenters. The van der Waals surface area contributed by atoms with E-state index in [1.165, 1.54) is 6.07 Å². The largest absolute Gasteiger partial charge is 0.460 e. The summed E-state index contributed by atoms with van der Waals surface area (Å²) in [5.74, 6) is -130. The van der Waals surface area contributed by atoms with E-state index in [-0.39, 0.29) is 5.56 Å². The molecule has 43 heteroatoms. The summed E-state index contributed by atoms with van der Waals surface area (Å²) >= 11 is 0. The molecule has 0 unspecified atom stereocenters. The van der Waals surface area contributed by atoms with Gasteiger partial charge in [-0.2, -0.15) is 171 Å². The Morgan fingerprint density at radius 2 is 0.584 bits per heavy atom. The number of alkyl halides is 39. The number of aromatic nitrogens is 1. The van der Waals surface area contributed by atoms with Crippen molar-refractivity contribution in [1.82, 2.24) is 5.16 Å². The number of halogens is 39. The molecule has 450 valence electrons. The SMILES string of the molecule is FC(F)(F)C(F)(F)C(F)(F)C(F)(F)C(F)(F)C(F)(F)CC[Si](CCC(F)(F)C(F)(F)C(F)(F)C(F)(F)C(F)(F)C(F)(F)F)(CCC(F)(F)C(F)(F)C(F)(F)C(F)(F)C(F)(F)C(F)(F)F)OCc1cc(-c2ccccc2)no1. The van der Waals surface area contributed by atoms with Gasteiger partial charge in [-0.05, 0) is 18.1 Å². The Morgan fingerprint density at radius 1 is 0.338 bits per heavy atom. The molecule has 0 amide bonds. The zero-order valence-corrected chi connectivity index (χ0v) is 36.4. The highest BCUT2D eigenvalue weighted by Crippen LogP contribution is 2.65. The molecule has 0 aliphatic heterocycles. The third kappa shape index (κ3) is 11.0. The van der Waals surface area contributed by atoms with E-state index in [4.69, 9.17) is 0 Å². The molecule has 0 saturated carbocycles. The van der Waals surface area contributed by atoms with Crippen molar-refractivity contribution in [1.29, 1.82) is 0 Å². The van der Waals surface area contributed by atoms with Gasteiger partial charge in [0.15, 0.2) is 14.1 Å². The van der Waals surface area contributed by atoms with Crippen LogP contribution in [0.25, 0.3) is 11.3 Å². The van der Waals surface area contributed by atoms with Crippen LogP contribution in [0.3, 0.4) is 0 Å². The first kappa shape index (κ1) is 69.0. The summed E-state index contributed by atoms with van der Waals surface area (Å²) < 4.78 is 552. The van der Waals surface area contributed by atoms with Gasteiger partial charge in [0.1, 0.15) is 5.69 Å². The maximum atomic E-state index is 15.1. The van der Waals surface area contributed by atoms with Crippen LogP contribution in [0, 0.1) is 0 Å². The molecule has 0 N–H and O–H groups in total. The smallest absolute Gasteiger partial charge is 0.409 e. The fraction of sp³-hybridized carbons (Fsp3) is 0.735. The summed E-state index contributed by atoms with van der Waals surface area (Å²) in [4.78, 5) is 0. The molecule has 0 aliphatic carbocycles. The van der Waals surface area contributed by atoms with Gasteiger partial charge in [0.05, 0.1) is 6.61 Å². The van der Waals surface area contributed by atoms with E-state index < -0.39 is 171 Å². The minimum atomic E-state index is -8.93. The number of rotatable bonds is 25. The van der Waals surface area contributed by atoms with Gasteiger partial charge < -0.3 is 8.95 Å². The minimum absolute atomic E-state index is 0.242. The van der Waals surface area contributed by atoms with Gasteiger partial charge in [-0.15, -0.1) is 0 Å². The zero-order chi connectivity index (χ0) is 61.5. The predicted octanol–water partition coefficient (Wildman–Crippen LogP) is 17.2. The van der Waals surface area contributed by atoms with Crippen molar-refractivity contribution in [3.8, 4) is 11.3 Å². The molecule has 77 heavy (non-hydrogen) atoms. The minimum Gasteiger partial charge on any atom is -0.409 e.